The van der Waals surface area contributed by atoms with Crippen molar-refractivity contribution in [3.8, 4) is 23.0 Å². The van der Waals surface area contributed by atoms with Gasteiger partial charge in [0, 0.05) is 11.1 Å². The second-order valence-electron chi connectivity index (χ2n) is 8.44. The number of ether oxygens (including phenoxy) is 2. The summed E-state index contributed by atoms with van der Waals surface area (Å²) in [6, 6.07) is 25.2. The molecule has 0 aliphatic carbocycles. The average Bonchev–Trinajstić information content (AvgIpc) is 3.10. The molecule has 2 N–H and O–H groups in total. The molecule has 0 fully saturated rings. The van der Waals surface area contributed by atoms with Crippen LogP contribution in [0.15, 0.2) is 84.9 Å². The normalized spacial score (nSPS) is 18.0. The van der Waals surface area contributed by atoms with Crippen LogP contribution in [-0.4, -0.2) is 16.2 Å². The molecule has 0 aromatic heterocycles. The van der Waals surface area contributed by atoms with Crippen molar-refractivity contribution in [2.75, 3.05) is 0 Å². The molecular weight excluding hydrogens is 416 g/mol. The van der Waals surface area contributed by atoms with Gasteiger partial charge in [0.05, 0.1) is 11.1 Å². The molecule has 2 aliphatic rings. The zero-order chi connectivity index (χ0) is 22.3. The third kappa shape index (κ3) is 2.28. The van der Waals surface area contributed by atoms with Gasteiger partial charge in [-0.25, -0.2) is 4.79 Å². The highest BCUT2D eigenvalue weighted by molar-refractivity contribution is 6.01. The van der Waals surface area contributed by atoms with E-state index in [1.165, 1.54) is 0 Å². The summed E-state index contributed by atoms with van der Waals surface area (Å²) in [6.45, 7) is 0. The van der Waals surface area contributed by atoms with Crippen LogP contribution in [0.3, 0.4) is 0 Å². The van der Waals surface area contributed by atoms with Crippen LogP contribution in [0.5, 0.6) is 23.0 Å². The second kappa shape index (κ2) is 6.04. The number of hydrogen-bond donors (Lipinski definition) is 2. The topological polar surface area (TPSA) is 76.0 Å². The number of phenolic OH excluding ortho intramolecular Hbond substituents is 2. The van der Waals surface area contributed by atoms with Crippen molar-refractivity contribution >= 4 is 27.5 Å². The molecule has 0 amide bonds. The molecule has 158 valence electrons. The van der Waals surface area contributed by atoms with E-state index in [9.17, 15) is 15.0 Å². The van der Waals surface area contributed by atoms with Gasteiger partial charge in [0.15, 0.2) is 5.60 Å². The van der Waals surface area contributed by atoms with Crippen LogP contribution >= 0.6 is 0 Å². The minimum absolute atomic E-state index is 0.114. The fourth-order valence-corrected chi connectivity index (χ4v) is 5.22. The predicted octanol–water partition coefficient (Wildman–Crippen LogP) is 5.97. The summed E-state index contributed by atoms with van der Waals surface area (Å²) < 4.78 is 12.6. The van der Waals surface area contributed by atoms with Crippen molar-refractivity contribution in [3.63, 3.8) is 0 Å². The first-order valence-corrected chi connectivity index (χ1v) is 10.6. The SMILES string of the molecule is O=C1OC2(c3cc4ccc(O)cc4cc3Oc3ccc4ccc(O)cc4c32)c2ccccc21. The summed E-state index contributed by atoms with van der Waals surface area (Å²) in [5, 5.41) is 23.6. The third-order valence-electron chi connectivity index (χ3n) is 6.61. The molecule has 1 atom stereocenters. The van der Waals surface area contributed by atoms with Crippen molar-refractivity contribution in [1.29, 1.82) is 0 Å². The maximum absolute atomic E-state index is 13.1. The van der Waals surface area contributed by atoms with Gasteiger partial charge < -0.3 is 19.7 Å². The Morgan fingerprint density at radius 2 is 1.42 bits per heavy atom. The molecule has 5 nitrogen and oxygen atoms in total. The van der Waals surface area contributed by atoms with Crippen LogP contribution in [0, 0.1) is 0 Å². The van der Waals surface area contributed by atoms with E-state index in [4.69, 9.17) is 9.47 Å². The van der Waals surface area contributed by atoms with Crippen molar-refractivity contribution in [2.24, 2.45) is 0 Å². The number of phenols is 2. The molecule has 0 radical (unpaired) electrons. The highest BCUT2D eigenvalue weighted by Crippen LogP contribution is 2.58. The van der Waals surface area contributed by atoms with Gasteiger partial charge in [-0.3, -0.25) is 0 Å². The first-order chi connectivity index (χ1) is 16.0. The molecule has 5 heteroatoms. The van der Waals surface area contributed by atoms with E-state index < -0.39 is 11.6 Å². The van der Waals surface area contributed by atoms with Crippen LogP contribution in [0.4, 0.5) is 0 Å². The predicted molar refractivity (Wildman–Crippen MR) is 123 cm³/mol. The first kappa shape index (κ1) is 18.1. The van der Waals surface area contributed by atoms with E-state index in [-0.39, 0.29) is 11.5 Å². The van der Waals surface area contributed by atoms with Gasteiger partial charge in [-0.05, 0) is 70.1 Å². The van der Waals surface area contributed by atoms with Crippen molar-refractivity contribution in [1.82, 2.24) is 0 Å². The number of carbonyl (C=O) groups excluding carboxylic acids is 1. The van der Waals surface area contributed by atoms with Gasteiger partial charge in [-0.15, -0.1) is 0 Å². The largest absolute Gasteiger partial charge is 0.508 e. The number of hydrogen-bond acceptors (Lipinski definition) is 5. The lowest BCUT2D eigenvalue weighted by Crippen LogP contribution is -2.33. The lowest BCUT2D eigenvalue weighted by molar-refractivity contribution is 0.0230. The van der Waals surface area contributed by atoms with Crippen molar-refractivity contribution in [3.05, 3.63) is 107 Å². The Morgan fingerprint density at radius 1 is 0.667 bits per heavy atom. The summed E-state index contributed by atoms with van der Waals surface area (Å²) in [7, 11) is 0. The van der Waals surface area contributed by atoms with Crippen LogP contribution in [0.2, 0.25) is 0 Å². The Bertz CT molecular complexity index is 1670. The van der Waals surface area contributed by atoms with Crippen LogP contribution in [0.25, 0.3) is 21.5 Å². The van der Waals surface area contributed by atoms with Gasteiger partial charge in [0.25, 0.3) is 0 Å². The van der Waals surface area contributed by atoms with Gasteiger partial charge in [-0.2, -0.15) is 0 Å². The molecule has 0 saturated heterocycles. The highest BCUT2D eigenvalue weighted by Gasteiger charge is 2.54. The fraction of sp³-hybridized carbons (Fsp3) is 0.0357. The smallest absolute Gasteiger partial charge is 0.340 e. The van der Waals surface area contributed by atoms with Gasteiger partial charge in [0.1, 0.15) is 23.0 Å². The monoisotopic (exact) mass is 432 g/mol. The molecule has 1 spiro atoms. The third-order valence-corrected chi connectivity index (χ3v) is 6.61. The van der Waals surface area contributed by atoms with Crippen molar-refractivity contribution in [2.45, 2.75) is 5.60 Å². The van der Waals surface area contributed by atoms with Crippen LogP contribution in [0.1, 0.15) is 27.0 Å². The van der Waals surface area contributed by atoms with Gasteiger partial charge in [0.2, 0.25) is 0 Å². The minimum atomic E-state index is -1.24. The second-order valence-corrected chi connectivity index (χ2v) is 8.44. The Hall–Kier alpha value is -4.51. The molecule has 1 unspecified atom stereocenters. The first-order valence-electron chi connectivity index (χ1n) is 10.6. The Morgan fingerprint density at radius 3 is 2.30 bits per heavy atom. The van der Waals surface area contributed by atoms with Gasteiger partial charge >= 0.3 is 5.97 Å². The van der Waals surface area contributed by atoms with Gasteiger partial charge in [-0.1, -0.05) is 36.4 Å². The van der Waals surface area contributed by atoms with E-state index in [1.807, 2.05) is 54.6 Å². The standard InChI is InChI=1S/C28H16O5/c29-18-9-6-16-12-23-25(13-17(16)11-18)32-24-10-7-15-5-8-19(30)14-21(15)26(24)28(23)22-4-2-1-3-20(22)27(31)33-28/h1-14,29-30H. The maximum Gasteiger partial charge on any atom is 0.340 e. The van der Waals surface area contributed by atoms with E-state index in [0.29, 0.717) is 28.2 Å². The molecule has 2 heterocycles. The molecule has 5 aromatic carbocycles. The quantitative estimate of drug-likeness (QED) is 0.295. The lowest BCUT2D eigenvalue weighted by atomic mass is 9.75. The number of fused-ring (bicyclic) bond motifs is 9. The molecule has 2 aliphatic heterocycles. The maximum atomic E-state index is 13.1. The number of aromatic hydroxyl groups is 2. The van der Waals surface area contributed by atoms with E-state index in [0.717, 1.165) is 27.1 Å². The number of rotatable bonds is 0. The molecule has 33 heavy (non-hydrogen) atoms. The van der Waals surface area contributed by atoms with Crippen LogP contribution in [-0.2, 0) is 10.3 Å². The lowest BCUT2D eigenvalue weighted by Gasteiger charge is -2.37. The summed E-state index contributed by atoms with van der Waals surface area (Å²) >= 11 is 0. The Balaban J connectivity index is 1.67. The van der Waals surface area contributed by atoms with E-state index >= 15 is 0 Å². The zero-order valence-corrected chi connectivity index (χ0v) is 17.2. The summed E-state index contributed by atoms with van der Waals surface area (Å²) in [4.78, 5) is 13.1. The number of carbonyl (C=O) groups is 1. The van der Waals surface area contributed by atoms with E-state index in [2.05, 4.69) is 0 Å². The molecule has 0 bridgehead atoms. The van der Waals surface area contributed by atoms with Crippen molar-refractivity contribution < 1.29 is 24.5 Å². The number of esters is 1. The van der Waals surface area contributed by atoms with Crippen LogP contribution < -0.4 is 4.74 Å². The summed E-state index contributed by atoms with van der Waals surface area (Å²) in [5.41, 5.74) is 1.37. The average molecular weight is 432 g/mol. The summed E-state index contributed by atoms with van der Waals surface area (Å²) in [6.07, 6.45) is 0. The summed E-state index contributed by atoms with van der Waals surface area (Å²) in [5.74, 6) is 0.956. The molecular formula is C28H16O5. The number of benzene rings is 5. The van der Waals surface area contributed by atoms with E-state index in [1.54, 1.807) is 30.3 Å². The zero-order valence-electron chi connectivity index (χ0n) is 17.2. The highest BCUT2D eigenvalue weighted by atomic mass is 16.6. The Labute approximate surface area is 188 Å². The minimum Gasteiger partial charge on any atom is -0.508 e. The molecule has 5 aromatic rings. The molecule has 7 rings (SSSR count). The molecule has 0 saturated carbocycles. The Kier molecular flexibility index (Phi) is 3.32. The fourth-order valence-electron chi connectivity index (χ4n) is 5.22.